The number of carboxylic acids is 1. The molecule has 0 spiro atoms. The molecule has 1 N–H and O–H groups in total. The van der Waals surface area contributed by atoms with Crippen molar-refractivity contribution in [1.82, 2.24) is 4.90 Å². The van der Waals surface area contributed by atoms with Crippen LogP contribution in [0, 0.1) is 5.41 Å². The summed E-state index contributed by atoms with van der Waals surface area (Å²) in [7, 11) is 0. The molecule has 1 aliphatic carbocycles. The summed E-state index contributed by atoms with van der Waals surface area (Å²) >= 11 is 0. The lowest BCUT2D eigenvalue weighted by Gasteiger charge is -2.33. The van der Waals surface area contributed by atoms with Gasteiger partial charge in [0.05, 0.1) is 5.41 Å². The molecule has 1 aliphatic rings. The predicted molar refractivity (Wildman–Crippen MR) is 71.9 cm³/mol. The Kier molecular flexibility index (Phi) is 6.28. The molecule has 0 unspecified atom stereocenters. The molecule has 5 nitrogen and oxygen atoms in total. The van der Waals surface area contributed by atoms with Crippen LogP contribution < -0.4 is 0 Å². The van der Waals surface area contributed by atoms with Crippen molar-refractivity contribution in [1.29, 1.82) is 0 Å². The highest BCUT2D eigenvalue weighted by molar-refractivity contribution is 5.86. The van der Waals surface area contributed by atoms with Crippen LogP contribution in [0.3, 0.4) is 0 Å². The van der Waals surface area contributed by atoms with Crippen LogP contribution in [0.2, 0.25) is 0 Å². The van der Waals surface area contributed by atoms with E-state index < -0.39 is 5.97 Å². The molecular formula is C14H25NO4. The van der Waals surface area contributed by atoms with Gasteiger partial charge in [0.15, 0.2) is 0 Å². The van der Waals surface area contributed by atoms with Crippen LogP contribution in [0.1, 0.15) is 46.0 Å². The van der Waals surface area contributed by atoms with E-state index >= 15 is 0 Å². The van der Waals surface area contributed by atoms with Gasteiger partial charge in [-0.1, -0.05) is 12.8 Å². The highest BCUT2D eigenvalue weighted by Crippen LogP contribution is 2.42. The molecule has 1 saturated carbocycles. The molecule has 0 saturated heterocycles. The first kappa shape index (κ1) is 16.0. The van der Waals surface area contributed by atoms with E-state index in [1.165, 1.54) is 4.90 Å². The molecule has 0 radical (unpaired) electrons. The minimum Gasteiger partial charge on any atom is -0.480 e. The van der Waals surface area contributed by atoms with Gasteiger partial charge in [0.1, 0.15) is 6.54 Å². The minimum absolute atomic E-state index is 0.00500. The van der Waals surface area contributed by atoms with Crippen molar-refractivity contribution in [2.45, 2.75) is 46.0 Å². The molecule has 1 rings (SSSR count). The van der Waals surface area contributed by atoms with Crippen LogP contribution in [0.5, 0.6) is 0 Å². The highest BCUT2D eigenvalue weighted by atomic mass is 16.5. The number of hydrogen-bond donors (Lipinski definition) is 1. The number of nitrogens with zero attached hydrogens (tertiary/aromatic N) is 1. The van der Waals surface area contributed by atoms with E-state index in [0.29, 0.717) is 26.2 Å². The standard InChI is InChI=1S/C14H25NO4/c1-3-15(11-12(16)17)13(18)14(7-5-6-8-14)9-10-19-4-2/h3-11H2,1-2H3,(H,16,17). The smallest absolute Gasteiger partial charge is 0.323 e. The van der Waals surface area contributed by atoms with E-state index in [0.717, 1.165) is 25.7 Å². The molecule has 0 aliphatic heterocycles. The van der Waals surface area contributed by atoms with Gasteiger partial charge >= 0.3 is 5.97 Å². The number of carbonyl (C=O) groups is 2. The van der Waals surface area contributed by atoms with Crippen LogP contribution in [0.25, 0.3) is 0 Å². The van der Waals surface area contributed by atoms with E-state index in [-0.39, 0.29) is 17.9 Å². The summed E-state index contributed by atoms with van der Waals surface area (Å²) < 4.78 is 5.38. The number of hydrogen-bond acceptors (Lipinski definition) is 3. The number of ether oxygens (including phenoxy) is 1. The van der Waals surface area contributed by atoms with Crippen molar-refractivity contribution in [3.05, 3.63) is 0 Å². The number of aliphatic carboxylic acids is 1. The zero-order valence-electron chi connectivity index (χ0n) is 12.0. The zero-order valence-corrected chi connectivity index (χ0v) is 12.0. The molecule has 0 aromatic carbocycles. The third-order valence-electron chi connectivity index (χ3n) is 3.94. The molecule has 19 heavy (non-hydrogen) atoms. The summed E-state index contributed by atoms with van der Waals surface area (Å²) in [6.07, 6.45) is 4.50. The van der Waals surface area contributed by atoms with Gasteiger partial charge in [-0.25, -0.2) is 0 Å². The lowest BCUT2D eigenvalue weighted by molar-refractivity contribution is -0.150. The second-order valence-electron chi connectivity index (χ2n) is 5.15. The van der Waals surface area contributed by atoms with Gasteiger partial charge in [-0.05, 0) is 33.1 Å². The van der Waals surface area contributed by atoms with Gasteiger partial charge in [-0.15, -0.1) is 0 Å². The van der Waals surface area contributed by atoms with Gasteiger partial charge in [-0.2, -0.15) is 0 Å². The van der Waals surface area contributed by atoms with Crippen molar-refractivity contribution in [2.24, 2.45) is 5.41 Å². The van der Waals surface area contributed by atoms with Gasteiger partial charge in [0.2, 0.25) is 5.91 Å². The van der Waals surface area contributed by atoms with E-state index in [2.05, 4.69) is 0 Å². The first-order valence-corrected chi connectivity index (χ1v) is 7.14. The number of carboxylic acid groups (broad SMARTS) is 1. The Hall–Kier alpha value is -1.10. The molecule has 0 heterocycles. The Morgan fingerprint density at radius 1 is 1.26 bits per heavy atom. The van der Waals surface area contributed by atoms with Crippen LogP contribution in [-0.2, 0) is 14.3 Å². The zero-order chi connectivity index (χ0) is 14.3. The van der Waals surface area contributed by atoms with E-state index in [4.69, 9.17) is 9.84 Å². The Bertz CT molecular complexity index is 311. The summed E-state index contributed by atoms with van der Waals surface area (Å²) in [4.78, 5) is 24.9. The van der Waals surface area contributed by atoms with E-state index in [9.17, 15) is 9.59 Å². The normalized spacial score (nSPS) is 17.4. The first-order chi connectivity index (χ1) is 9.05. The molecule has 0 aromatic heterocycles. The second kappa shape index (κ2) is 7.48. The molecule has 1 amide bonds. The van der Waals surface area contributed by atoms with E-state index in [1.807, 2.05) is 13.8 Å². The lowest BCUT2D eigenvalue weighted by Crippen LogP contribution is -2.45. The number of likely N-dealkylation sites (N-methyl/N-ethyl adjacent to an activating group) is 1. The fourth-order valence-corrected chi connectivity index (χ4v) is 2.86. The molecular weight excluding hydrogens is 246 g/mol. The molecule has 0 bridgehead atoms. The van der Waals surface area contributed by atoms with Crippen molar-refractivity contribution in [3.63, 3.8) is 0 Å². The minimum atomic E-state index is -0.951. The maximum atomic E-state index is 12.6. The van der Waals surface area contributed by atoms with Gasteiger partial charge in [-0.3, -0.25) is 9.59 Å². The van der Waals surface area contributed by atoms with Crippen molar-refractivity contribution in [3.8, 4) is 0 Å². The van der Waals surface area contributed by atoms with Crippen LogP contribution >= 0.6 is 0 Å². The van der Waals surface area contributed by atoms with Crippen molar-refractivity contribution < 1.29 is 19.4 Å². The van der Waals surface area contributed by atoms with E-state index in [1.54, 1.807) is 0 Å². The van der Waals surface area contributed by atoms with Crippen molar-refractivity contribution >= 4 is 11.9 Å². The van der Waals surface area contributed by atoms with Gasteiger partial charge < -0.3 is 14.7 Å². The van der Waals surface area contributed by atoms with Crippen LogP contribution in [-0.4, -0.2) is 48.2 Å². The maximum absolute atomic E-state index is 12.6. The Balaban J connectivity index is 2.73. The Labute approximate surface area is 114 Å². The number of amides is 1. The third kappa shape index (κ3) is 4.20. The quantitative estimate of drug-likeness (QED) is 0.685. The predicted octanol–water partition coefficient (Wildman–Crippen LogP) is 1.91. The topological polar surface area (TPSA) is 66.8 Å². The fourth-order valence-electron chi connectivity index (χ4n) is 2.86. The summed E-state index contributed by atoms with van der Waals surface area (Å²) in [6, 6.07) is 0. The summed E-state index contributed by atoms with van der Waals surface area (Å²) in [5.41, 5.74) is -0.388. The molecule has 0 atom stereocenters. The van der Waals surface area contributed by atoms with Gasteiger partial charge in [0, 0.05) is 19.8 Å². The highest BCUT2D eigenvalue weighted by Gasteiger charge is 2.43. The first-order valence-electron chi connectivity index (χ1n) is 7.14. The summed E-state index contributed by atoms with van der Waals surface area (Å²) in [5, 5.41) is 8.89. The molecule has 110 valence electrons. The molecule has 5 heteroatoms. The Morgan fingerprint density at radius 3 is 2.37 bits per heavy atom. The largest absolute Gasteiger partial charge is 0.480 e. The SMILES string of the molecule is CCOCCC1(C(=O)N(CC)CC(=O)O)CCCC1. The van der Waals surface area contributed by atoms with Gasteiger partial charge in [0.25, 0.3) is 0 Å². The fraction of sp³-hybridized carbons (Fsp3) is 0.857. The molecule has 0 aromatic rings. The summed E-state index contributed by atoms with van der Waals surface area (Å²) in [6.45, 7) is 5.23. The number of carbonyl (C=O) groups excluding carboxylic acids is 1. The average molecular weight is 271 g/mol. The number of rotatable bonds is 8. The second-order valence-corrected chi connectivity index (χ2v) is 5.15. The Morgan fingerprint density at radius 2 is 1.89 bits per heavy atom. The lowest BCUT2D eigenvalue weighted by atomic mass is 9.81. The monoisotopic (exact) mass is 271 g/mol. The average Bonchev–Trinajstić information content (AvgIpc) is 2.85. The van der Waals surface area contributed by atoms with Crippen LogP contribution in [0.15, 0.2) is 0 Å². The van der Waals surface area contributed by atoms with Crippen molar-refractivity contribution in [2.75, 3.05) is 26.3 Å². The third-order valence-corrected chi connectivity index (χ3v) is 3.94. The maximum Gasteiger partial charge on any atom is 0.323 e. The van der Waals surface area contributed by atoms with Crippen LogP contribution in [0.4, 0.5) is 0 Å². The summed E-state index contributed by atoms with van der Waals surface area (Å²) in [5.74, 6) is -0.956. The molecule has 1 fully saturated rings.